The van der Waals surface area contributed by atoms with Crippen molar-refractivity contribution in [3.63, 3.8) is 0 Å². The van der Waals surface area contributed by atoms with Gasteiger partial charge in [-0.25, -0.2) is 4.79 Å². The SMILES string of the molecule is CCc1c(C(=O)N2CCc3cc(C(=O)OC)ccc32)cnn1Cc1ccccc1. The fourth-order valence-corrected chi connectivity index (χ4v) is 3.86. The van der Waals surface area contributed by atoms with E-state index in [1.807, 2.05) is 41.9 Å². The molecule has 148 valence electrons. The van der Waals surface area contributed by atoms with Crippen molar-refractivity contribution in [2.45, 2.75) is 26.3 Å². The Bertz CT molecular complexity index is 1060. The van der Waals surface area contributed by atoms with Crippen molar-refractivity contribution in [3.8, 4) is 0 Å². The van der Waals surface area contributed by atoms with E-state index < -0.39 is 0 Å². The maximum atomic E-state index is 13.3. The van der Waals surface area contributed by atoms with Gasteiger partial charge in [-0.1, -0.05) is 37.3 Å². The molecule has 0 unspecified atom stereocenters. The third-order valence-electron chi connectivity index (χ3n) is 5.33. The van der Waals surface area contributed by atoms with Crippen molar-refractivity contribution < 1.29 is 14.3 Å². The highest BCUT2D eigenvalue weighted by atomic mass is 16.5. The smallest absolute Gasteiger partial charge is 0.337 e. The van der Waals surface area contributed by atoms with Gasteiger partial charge < -0.3 is 9.64 Å². The van der Waals surface area contributed by atoms with Gasteiger partial charge in [-0.05, 0) is 42.2 Å². The molecule has 6 heteroatoms. The molecule has 0 saturated heterocycles. The average Bonchev–Trinajstić information content (AvgIpc) is 3.36. The first kappa shape index (κ1) is 18.9. The van der Waals surface area contributed by atoms with Gasteiger partial charge in [0.2, 0.25) is 0 Å². The van der Waals surface area contributed by atoms with Crippen molar-refractivity contribution in [1.82, 2.24) is 9.78 Å². The lowest BCUT2D eigenvalue weighted by Gasteiger charge is -2.18. The van der Waals surface area contributed by atoms with Gasteiger partial charge in [0.05, 0.1) is 36.7 Å². The quantitative estimate of drug-likeness (QED) is 0.627. The van der Waals surface area contributed by atoms with Crippen molar-refractivity contribution in [2.75, 3.05) is 18.6 Å². The monoisotopic (exact) mass is 389 g/mol. The Morgan fingerprint density at radius 1 is 1.14 bits per heavy atom. The number of ether oxygens (including phenoxy) is 1. The number of benzene rings is 2. The summed E-state index contributed by atoms with van der Waals surface area (Å²) in [6, 6.07) is 15.4. The number of esters is 1. The fraction of sp³-hybridized carbons (Fsp3) is 0.261. The van der Waals surface area contributed by atoms with Gasteiger partial charge in [-0.3, -0.25) is 9.48 Å². The molecule has 0 radical (unpaired) electrons. The third kappa shape index (κ3) is 3.53. The molecule has 2 aromatic carbocycles. The van der Waals surface area contributed by atoms with E-state index in [4.69, 9.17) is 4.74 Å². The van der Waals surface area contributed by atoms with E-state index in [2.05, 4.69) is 17.2 Å². The highest BCUT2D eigenvalue weighted by molar-refractivity contribution is 6.08. The Balaban J connectivity index is 1.61. The summed E-state index contributed by atoms with van der Waals surface area (Å²) in [5.74, 6) is -0.418. The van der Waals surface area contributed by atoms with Crippen LogP contribution in [0.1, 0.15) is 44.5 Å². The molecule has 1 amide bonds. The van der Waals surface area contributed by atoms with Gasteiger partial charge in [-0.2, -0.15) is 5.10 Å². The Morgan fingerprint density at radius 2 is 1.93 bits per heavy atom. The molecule has 0 bridgehead atoms. The standard InChI is InChI=1S/C23H23N3O3/c1-3-20-19(14-24-26(20)15-16-7-5-4-6-8-16)22(27)25-12-11-17-13-18(23(28)29-2)9-10-21(17)25/h4-10,13-14H,3,11-12,15H2,1-2H3. The predicted octanol–water partition coefficient (Wildman–Crippen LogP) is 3.48. The normalized spacial score (nSPS) is 12.7. The summed E-state index contributed by atoms with van der Waals surface area (Å²) in [6.07, 6.45) is 3.10. The molecule has 1 aliphatic heterocycles. The van der Waals surface area contributed by atoms with Crippen LogP contribution in [0.15, 0.2) is 54.7 Å². The zero-order chi connectivity index (χ0) is 20.4. The Morgan fingerprint density at radius 3 is 2.66 bits per heavy atom. The van der Waals surface area contributed by atoms with E-state index in [9.17, 15) is 9.59 Å². The van der Waals surface area contributed by atoms with Crippen LogP contribution in [-0.2, 0) is 24.1 Å². The largest absolute Gasteiger partial charge is 0.465 e. The first-order chi connectivity index (χ1) is 14.1. The number of rotatable bonds is 5. The maximum Gasteiger partial charge on any atom is 0.337 e. The Hall–Kier alpha value is -3.41. The molecule has 0 N–H and O–H groups in total. The van der Waals surface area contributed by atoms with Gasteiger partial charge in [0.25, 0.3) is 5.91 Å². The molecule has 0 aliphatic carbocycles. The van der Waals surface area contributed by atoms with E-state index in [1.165, 1.54) is 7.11 Å². The van der Waals surface area contributed by atoms with Crippen LogP contribution in [0.3, 0.4) is 0 Å². The molecule has 0 atom stereocenters. The molecule has 4 rings (SSSR count). The van der Waals surface area contributed by atoms with Gasteiger partial charge >= 0.3 is 5.97 Å². The highest BCUT2D eigenvalue weighted by Gasteiger charge is 2.29. The molecule has 29 heavy (non-hydrogen) atoms. The van der Waals surface area contributed by atoms with Gasteiger partial charge in [0.15, 0.2) is 0 Å². The number of hydrogen-bond acceptors (Lipinski definition) is 4. The van der Waals surface area contributed by atoms with E-state index in [0.29, 0.717) is 30.6 Å². The van der Waals surface area contributed by atoms with Crippen LogP contribution in [0.4, 0.5) is 5.69 Å². The van der Waals surface area contributed by atoms with Crippen LogP contribution < -0.4 is 4.90 Å². The average molecular weight is 389 g/mol. The van der Waals surface area contributed by atoms with E-state index in [0.717, 1.165) is 28.9 Å². The summed E-state index contributed by atoms with van der Waals surface area (Å²) in [6.45, 7) is 3.26. The number of anilines is 1. The molecule has 0 spiro atoms. The molecular weight excluding hydrogens is 366 g/mol. The second-order valence-electron chi connectivity index (χ2n) is 7.04. The third-order valence-corrected chi connectivity index (χ3v) is 5.33. The zero-order valence-electron chi connectivity index (χ0n) is 16.6. The summed E-state index contributed by atoms with van der Waals surface area (Å²) in [4.78, 5) is 26.9. The second-order valence-corrected chi connectivity index (χ2v) is 7.04. The molecule has 1 aliphatic rings. The minimum absolute atomic E-state index is 0.0503. The van der Waals surface area contributed by atoms with Crippen LogP contribution in [0, 0.1) is 0 Å². The summed E-state index contributed by atoms with van der Waals surface area (Å²) >= 11 is 0. The number of fused-ring (bicyclic) bond motifs is 1. The maximum absolute atomic E-state index is 13.3. The first-order valence-corrected chi connectivity index (χ1v) is 9.74. The van der Waals surface area contributed by atoms with Gasteiger partial charge in [0, 0.05) is 12.2 Å². The summed E-state index contributed by atoms with van der Waals surface area (Å²) in [5.41, 5.74) is 5.04. The van der Waals surface area contributed by atoms with Crippen molar-refractivity contribution in [2.24, 2.45) is 0 Å². The number of methoxy groups -OCH3 is 1. The van der Waals surface area contributed by atoms with Crippen LogP contribution >= 0.6 is 0 Å². The number of aromatic nitrogens is 2. The van der Waals surface area contributed by atoms with Gasteiger partial charge in [-0.15, -0.1) is 0 Å². The lowest BCUT2D eigenvalue weighted by atomic mass is 10.1. The first-order valence-electron chi connectivity index (χ1n) is 9.74. The summed E-state index contributed by atoms with van der Waals surface area (Å²) in [7, 11) is 1.37. The Kier molecular flexibility index (Phi) is 5.16. The van der Waals surface area contributed by atoms with E-state index in [1.54, 1.807) is 17.2 Å². The number of carbonyl (C=O) groups excluding carboxylic acids is 2. The van der Waals surface area contributed by atoms with Crippen LogP contribution in [0.2, 0.25) is 0 Å². The molecule has 0 saturated carbocycles. The Labute approximate surface area is 169 Å². The minimum Gasteiger partial charge on any atom is -0.465 e. The number of hydrogen-bond donors (Lipinski definition) is 0. The fourth-order valence-electron chi connectivity index (χ4n) is 3.86. The number of amides is 1. The molecule has 2 heterocycles. The zero-order valence-corrected chi connectivity index (χ0v) is 16.6. The molecular formula is C23H23N3O3. The van der Waals surface area contributed by atoms with E-state index in [-0.39, 0.29) is 11.9 Å². The lowest BCUT2D eigenvalue weighted by Crippen LogP contribution is -2.29. The van der Waals surface area contributed by atoms with Crippen molar-refractivity contribution >= 4 is 17.6 Å². The van der Waals surface area contributed by atoms with Crippen LogP contribution in [0.25, 0.3) is 0 Å². The van der Waals surface area contributed by atoms with Crippen LogP contribution in [0.5, 0.6) is 0 Å². The van der Waals surface area contributed by atoms with E-state index >= 15 is 0 Å². The van der Waals surface area contributed by atoms with Crippen molar-refractivity contribution in [3.05, 3.63) is 82.7 Å². The molecule has 0 fully saturated rings. The minimum atomic E-state index is -0.368. The highest BCUT2D eigenvalue weighted by Crippen LogP contribution is 2.31. The number of nitrogens with zero attached hydrogens (tertiary/aromatic N) is 3. The molecule has 1 aromatic heterocycles. The lowest BCUT2D eigenvalue weighted by molar-refractivity contribution is 0.0600. The van der Waals surface area contributed by atoms with Gasteiger partial charge in [0.1, 0.15) is 0 Å². The second kappa shape index (κ2) is 7.91. The van der Waals surface area contributed by atoms with Crippen LogP contribution in [-0.4, -0.2) is 35.3 Å². The predicted molar refractivity (Wildman–Crippen MR) is 110 cm³/mol. The molecule has 3 aromatic rings. The summed E-state index contributed by atoms with van der Waals surface area (Å²) < 4.78 is 6.69. The van der Waals surface area contributed by atoms with Crippen molar-refractivity contribution in [1.29, 1.82) is 0 Å². The summed E-state index contributed by atoms with van der Waals surface area (Å²) in [5, 5.41) is 4.49. The topological polar surface area (TPSA) is 64.4 Å². The number of carbonyl (C=O) groups is 2. The molecule has 6 nitrogen and oxygen atoms in total.